The lowest BCUT2D eigenvalue weighted by Crippen LogP contribution is -2.45. The largest absolute Gasteiger partial charge is 0.573 e. The Kier molecular flexibility index (Phi) is 5.69. The molecule has 1 fully saturated rings. The summed E-state index contributed by atoms with van der Waals surface area (Å²) in [5, 5.41) is 12.3. The van der Waals surface area contributed by atoms with Gasteiger partial charge in [-0.05, 0) is 18.2 Å². The van der Waals surface area contributed by atoms with E-state index in [1.165, 1.54) is 25.3 Å². The number of benzene rings is 1. The van der Waals surface area contributed by atoms with Gasteiger partial charge in [0.1, 0.15) is 11.5 Å². The highest BCUT2D eigenvalue weighted by Crippen LogP contribution is 2.36. The summed E-state index contributed by atoms with van der Waals surface area (Å²) in [6.45, 7) is 2.95. The maximum absolute atomic E-state index is 12.4. The number of ether oxygens (including phenoxy) is 2. The van der Waals surface area contributed by atoms with E-state index in [1.54, 1.807) is 0 Å². The predicted molar refractivity (Wildman–Crippen MR) is 77.1 cm³/mol. The number of nitriles is 1. The minimum absolute atomic E-state index is 0.159. The Labute approximate surface area is 132 Å². The van der Waals surface area contributed by atoms with Crippen LogP contribution in [-0.2, 0) is 0 Å². The van der Waals surface area contributed by atoms with E-state index in [-0.39, 0.29) is 18.2 Å². The maximum atomic E-state index is 12.4. The minimum atomic E-state index is -4.76. The van der Waals surface area contributed by atoms with Crippen molar-refractivity contribution in [1.82, 2.24) is 10.2 Å². The molecule has 2 rings (SSSR count). The summed E-state index contributed by atoms with van der Waals surface area (Å²) in [7, 11) is 1.45. The fourth-order valence-electron chi connectivity index (χ4n) is 2.69. The number of halogens is 3. The van der Waals surface area contributed by atoms with E-state index in [2.05, 4.69) is 21.0 Å². The topological polar surface area (TPSA) is 57.5 Å². The number of hydrogen-bond acceptors (Lipinski definition) is 5. The zero-order valence-corrected chi connectivity index (χ0v) is 12.7. The SMILES string of the molecule is COc1ccc(OC(F)(F)F)cc1[C@H](CC#N)N1CCNCC1. The van der Waals surface area contributed by atoms with Crippen molar-refractivity contribution in [1.29, 1.82) is 5.26 Å². The van der Waals surface area contributed by atoms with E-state index in [0.717, 1.165) is 13.1 Å². The fourth-order valence-corrected chi connectivity index (χ4v) is 2.69. The van der Waals surface area contributed by atoms with Crippen LogP contribution in [0.1, 0.15) is 18.0 Å². The highest BCUT2D eigenvalue weighted by atomic mass is 19.4. The average molecular weight is 329 g/mol. The van der Waals surface area contributed by atoms with Crippen LogP contribution in [0.5, 0.6) is 11.5 Å². The molecule has 0 amide bonds. The third-order valence-electron chi connectivity index (χ3n) is 3.67. The first-order valence-corrected chi connectivity index (χ1v) is 7.20. The zero-order valence-electron chi connectivity index (χ0n) is 12.7. The second kappa shape index (κ2) is 7.53. The molecule has 126 valence electrons. The molecule has 1 aromatic rings. The number of methoxy groups -OCH3 is 1. The number of alkyl halides is 3. The van der Waals surface area contributed by atoms with Crippen LogP contribution >= 0.6 is 0 Å². The molecule has 1 aliphatic rings. The molecule has 1 N–H and O–H groups in total. The van der Waals surface area contributed by atoms with E-state index < -0.39 is 6.36 Å². The molecule has 0 aliphatic carbocycles. The lowest BCUT2D eigenvalue weighted by atomic mass is 10.00. The molecule has 0 radical (unpaired) electrons. The summed E-state index contributed by atoms with van der Waals surface area (Å²) in [5.41, 5.74) is 0.526. The normalized spacial score (nSPS) is 17.3. The number of rotatable bonds is 5. The summed E-state index contributed by atoms with van der Waals surface area (Å²) >= 11 is 0. The molecule has 8 heteroatoms. The molecule has 1 heterocycles. The highest BCUT2D eigenvalue weighted by Gasteiger charge is 2.32. The van der Waals surface area contributed by atoms with Crippen LogP contribution in [0.25, 0.3) is 0 Å². The minimum Gasteiger partial charge on any atom is -0.496 e. The van der Waals surface area contributed by atoms with Crippen molar-refractivity contribution < 1.29 is 22.6 Å². The van der Waals surface area contributed by atoms with Gasteiger partial charge in [0, 0.05) is 31.7 Å². The van der Waals surface area contributed by atoms with Gasteiger partial charge >= 0.3 is 6.36 Å². The molecule has 0 aromatic heterocycles. The smallest absolute Gasteiger partial charge is 0.496 e. The predicted octanol–water partition coefficient (Wildman–Crippen LogP) is 2.45. The van der Waals surface area contributed by atoms with Gasteiger partial charge in [-0.2, -0.15) is 5.26 Å². The lowest BCUT2D eigenvalue weighted by molar-refractivity contribution is -0.274. The number of nitrogens with one attached hydrogen (secondary N) is 1. The second-order valence-corrected chi connectivity index (χ2v) is 5.12. The Morgan fingerprint density at radius 3 is 2.61 bits per heavy atom. The Bertz CT molecular complexity index is 566. The van der Waals surface area contributed by atoms with Crippen LogP contribution < -0.4 is 14.8 Å². The van der Waals surface area contributed by atoms with Crippen LogP contribution in [0.3, 0.4) is 0 Å². The molecule has 1 aliphatic heterocycles. The Morgan fingerprint density at radius 1 is 1.35 bits per heavy atom. The molecule has 0 bridgehead atoms. The van der Waals surface area contributed by atoms with E-state index in [0.29, 0.717) is 24.4 Å². The van der Waals surface area contributed by atoms with Crippen molar-refractivity contribution in [3.05, 3.63) is 23.8 Å². The van der Waals surface area contributed by atoms with Gasteiger partial charge in [-0.25, -0.2) is 0 Å². The molecule has 5 nitrogen and oxygen atoms in total. The van der Waals surface area contributed by atoms with Gasteiger partial charge in [-0.3, -0.25) is 4.90 Å². The van der Waals surface area contributed by atoms with Crippen molar-refractivity contribution in [3.63, 3.8) is 0 Å². The molecular formula is C15H18F3N3O2. The van der Waals surface area contributed by atoms with Crippen molar-refractivity contribution in [2.75, 3.05) is 33.3 Å². The number of nitrogens with zero attached hydrogens (tertiary/aromatic N) is 2. The van der Waals surface area contributed by atoms with Gasteiger partial charge in [0.15, 0.2) is 0 Å². The summed E-state index contributed by atoms with van der Waals surface area (Å²) in [4.78, 5) is 2.06. The van der Waals surface area contributed by atoms with Gasteiger partial charge in [-0.1, -0.05) is 0 Å². The standard InChI is InChI=1S/C15H18F3N3O2/c1-22-14-3-2-11(23-15(16,17)18)10-12(14)13(4-5-19)21-8-6-20-7-9-21/h2-3,10,13,20H,4,6-9H2,1H3/t13-/m0/s1. The first kappa shape index (κ1) is 17.4. The quantitative estimate of drug-likeness (QED) is 0.899. The summed E-state index contributed by atoms with van der Waals surface area (Å²) < 4.78 is 46.6. The first-order valence-electron chi connectivity index (χ1n) is 7.20. The van der Waals surface area contributed by atoms with Crippen molar-refractivity contribution in [2.24, 2.45) is 0 Å². The van der Waals surface area contributed by atoms with Crippen LogP contribution in [0, 0.1) is 11.3 Å². The average Bonchev–Trinajstić information content (AvgIpc) is 2.52. The van der Waals surface area contributed by atoms with Crippen molar-refractivity contribution in [2.45, 2.75) is 18.8 Å². The van der Waals surface area contributed by atoms with Gasteiger partial charge in [-0.15, -0.1) is 13.2 Å². The second-order valence-electron chi connectivity index (χ2n) is 5.12. The molecule has 0 saturated carbocycles. The molecular weight excluding hydrogens is 311 g/mol. The van der Waals surface area contributed by atoms with Crippen LogP contribution in [-0.4, -0.2) is 44.6 Å². The van der Waals surface area contributed by atoms with Crippen molar-refractivity contribution >= 4 is 0 Å². The van der Waals surface area contributed by atoms with Gasteiger partial charge in [0.25, 0.3) is 0 Å². The van der Waals surface area contributed by atoms with Gasteiger partial charge in [0.2, 0.25) is 0 Å². The number of hydrogen-bond donors (Lipinski definition) is 1. The zero-order chi connectivity index (χ0) is 16.9. The van der Waals surface area contributed by atoms with Crippen molar-refractivity contribution in [3.8, 4) is 17.6 Å². The van der Waals surface area contributed by atoms with Crippen LogP contribution in [0.4, 0.5) is 13.2 Å². The van der Waals surface area contributed by atoms with Gasteiger partial charge < -0.3 is 14.8 Å². The Morgan fingerprint density at radius 2 is 2.04 bits per heavy atom. The molecule has 23 heavy (non-hydrogen) atoms. The highest BCUT2D eigenvalue weighted by molar-refractivity contribution is 5.42. The first-order chi connectivity index (χ1) is 10.9. The molecule has 1 saturated heterocycles. The molecule has 0 unspecified atom stereocenters. The van der Waals surface area contributed by atoms with E-state index in [9.17, 15) is 13.2 Å². The third kappa shape index (κ3) is 4.74. The summed E-state index contributed by atoms with van der Waals surface area (Å²) in [5.74, 6) is 0.129. The van der Waals surface area contributed by atoms with Crippen LogP contribution in [0.2, 0.25) is 0 Å². The van der Waals surface area contributed by atoms with E-state index in [4.69, 9.17) is 10.00 Å². The maximum Gasteiger partial charge on any atom is 0.573 e. The number of piperazine rings is 1. The Hall–Kier alpha value is -1.98. The van der Waals surface area contributed by atoms with Crippen LogP contribution in [0.15, 0.2) is 18.2 Å². The molecule has 1 atom stereocenters. The summed E-state index contributed by atoms with van der Waals surface area (Å²) in [6, 6.07) is 5.70. The van der Waals surface area contributed by atoms with E-state index in [1.807, 2.05) is 0 Å². The Balaban J connectivity index is 2.35. The van der Waals surface area contributed by atoms with Gasteiger partial charge in [0.05, 0.1) is 25.6 Å². The fraction of sp³-hybridized carbons (Fsp3) is 0.533. The third-order valence-corrected chi connectivity index (χ3v) is 3.67. The molecule has 1 aromatic carbocycles. The summed E-state index contributed by atoms with van der Waals surface area (Å²) in [6.07, 6.45) is -4.60. The monoisotopic (exact) mass is 329 g/mol. The molecule has 0 spiro atoms. The van der Waals surface area contributed by atoms with E-state index >= 15 is 0 Å². The lowest BCUT2D eigenvalue weighted by Gasteiger charge is -2.34.